The highest BCUT2D eigenvalue weighted by Gasteiger charge is 2.13. The fraction of sp³-hybridized carbons (Fsp3) is 0.250. The molecule has 1 aromatic carbocycles. The van der Waals surface area contributed by atoms with Gasteiger partial charge in [-0.1, -0.05) is 12.1 Å². The van der Waals surface area contributed by atoms with Crippen LogP contribution in [0.3, 0.4) is 0 Å². The number of nitrogens with two attached hydrogens (primary N) is 1. The van der Waals surface area contributed by atoms with Gasteiger partial charge in [0.25, 0.3) is 5.78 Å². The minimum atomic E-state index is -0.0133. The second-order valence-corrected chi connectivity index (χ2v) is 6.86. The van der Waals surface area contributed by atoms with Crippen molar-refractivity contribution in [1.82, 2.24) is 34.4 Å². The van der Waals surface area contributed by atoms with Gasteiger partial charge >= 0.3 is 0 Å². The van der Waals surface area contributed by atoms with Crippen molar-refractivity contribution in [3.05, 3.63) is 65.5 Å². The van der Waals surface area contributed by atoms with E-state index in [0.717, 1.165) is 28.2 Å². The number of carbonyl (C=O) groups is 1. The third-order valence-electron chi connectivity index (χ3n) is 4.90. The van der Waals surface area contributed by atoms with Crippen LogP contribution in [0.2, 0.25) is 0 Å². The van der Waals surface area contributed by atoms with Crippen LogP contribution in [0, 0.1) is 13.8 Å². The number of aromatic nitrogens is 6. The third kappa shape index (κ3) is 3.93. The first-order valence-electron chi connectivity index (χ1n) is 9.33. The van der Waals surface area contributed by atoms with Crippen LogP contribution in [0.4, 0.5) is 5.95 Å². The van der Waals surface area contributed by atoms with E-state index < -0.39 is 0 Å². The van der Waals surface area contributed by atoms with Crippen molar-refractivity contribution in [2.45, 2.75) is 33.2 Å². The molecule has 0 unspecified atom stereocenters. The molecular weight excluding hydrogens is 368 g/mol. The fourth-order valence-electron chi connectivity index (χ4n) is 3.31. The predicted molar refractivity (Wildman–Crippen MR) is 108 cm³/mol. The monoisotopic (exact) mass is 390 g/mol. The van der Waals surface area contributed by atoms with Crippen LogP contribution in [-0.2, 0) is 17.8 Å². The summed E-state index contributed by atoms with van der Waals surface area (Å²) < 4.78 is 3.55. The standard InChI is InChI=1S/C20H22N8O/c1-13-17(14(2)28-20(24-13)25-19(21)26-28)7-8-18(29)23-11-15-3-5-16(6-4-15)27-10-9-22-12-27/h3-6,9-10,12H,7-8,11H2,1-2H3,(H2,21,26)(H,23,29). The molecule has 0 aliphatic carbocycles. The smallest absolute Gasteiger partial charge is 0.254 e. The van der Waals surface area contributed by atoms with Crippen LogP contribution in [0.15, 0.2) is 43.0 Å². The number of amides is 1. The Hall–Kier alpha value is -3.75. The Morgan fingerprint density at radius 3 is 2.69 bits per heavy atom. The lowest BCUT2D eigenvalue weighted by Crippen LogP contribution is -2.23. The summed E-state index contributed by atoms with van der Waals surface area (Å²) in [6.07, 6.45) is 6.32. The molecule has 0 spiro atoms. The maximum Gasteiger partial charge on any atom is 0.254 e. The summed E-state index contributed by atoms with van der Waals surface area (Å²) in [5.41, 5.74) is 10.5. The molecule has 9 nitrogen and oxygen atoms in total. The zero-order valence-electron chi connectivity index (χ0n) is 16.3. The minimum Gasteiger partial charge on any atom is -0.366 e. The van der Waals surface area contributed by atoms with Crippen molar-refractivity contribution < 1.29 is 4.79 Å². The first-order chi connectivity index (χ1) is 14.0. The quantitative estimate of drug-likeness (QED) is 0.518. The number of nitrogens with zero attached hydrogens (tertiary/aromatic N) is 6. The molecule has 29 heavy (non-hydrogen) atoms. The van der Waals surface area contributed by atoms with E-state index in [4.69, 9.17) is 5.73 Å². The molecule has 3 heterocycles. The normalized spacial score (nSPS) is 11.1. The third-order valence-corrected chi connectivity index (χ3v) is 4.90. The zero-order valence-corrected chi connectivity index (χ0v) is 16.3. The number of aryl methyl sites for hydroxylation is 2. The summed E-state index contributed by atoms with van der Waals surface area (Å²) in [5, 5.41) is 7.13. The Balaban J connectivity index is 1.35. The molecule has 1 amide bonds. The lowest BCUT2D eigenvalue weighted by molar-refractivity contribution is -0.121. The minimum absolute atomic E-state index is 0.0133. The van der Waals surface area contributed by atoms with E-state index in [1.54, 1.807) is 17.0 Å². The highest BCUT2D eigenvalue weighted by atomic mass is 16.1. The van der Waals surface area contributed by atoms with E-state index in [2.05, 4.69) is 25.4 Å². The number of carbonyl (C=O) groups excluding carboxylic acids is 1. The number of hydrogen-bond donors (Lipinski definition) is 2. The largest absolute Gasteiger partial charge is 0.366 e. The van der Waals surface area contributed by atoms with E-state index in [1.165, 1.54) is 0 Å². The summed E-state index contributed by atoms with van der Waals surface area (Å²) in [6, 6.07) is 7.99. The SMILES string of the molecule is Cc1nc2nc(N)nn2c(C)c1CCC(=O)NCc1ccc(-n2ccnc2)cc1. The van der Waals surface area contributed by atoms with Crippen LogP contribution in [0.1, 0.15) is 28.9 Å². The Morgan fingerprint density at radius 2 is 1.97 bits per heavy atom. The van der Waals surface area contributed by atoms with Crippen molar-refractivity contribution in [2.24, 2.45) is 0 Å². The molecule has 0 aliphatic heterocycles. The van der Waals surface area contributed by atoms with Crippen molar-refractivity contribution in [3.8, 4) is 5.69 Å². The van der Waals surface area contributed by atoms with Gasteiger partial charge in [-0.15, -0.1) is 5.10 Å². The molecule has 0 atom stereocenters. The van der Waals surface area contributed by atoms with Crippen LogP contribution >= 0.6 is 0 Å². The first-order valence-corrected chi connectivity index (χ1v) is 9.33. The summed E-state index contributed by atoms with van der Waals surface area (Å²) in [7, 11) is 0. The van der Waals surface area contributed by atoms with Gasteiger partial charge in [0.1, 0.15) is 0 Å². The number of anilines is 1. The van der Waals surface area contributed by atoms with Crippen molar-refractivity contribution in [3.63, 3.8) is 0 Å². The fourth-order valence-corrected chi connectivity index (χ4v) is 3.31. The molecule has 0 bridgehead atoms. The molecule has 0 aliphatic rings. The Morgan fingerprint density at radius 1 is 1.17 bits per heavy atom. The average molecular weight is 390 g/mol. The summed E-state index contributed by atoms with van der Waals surface area (Å²) in [6.45, 7) is 4.33. The van der Waals surface area contributed by atoms with Gasteiger partial charge < -0.3 is 15.6 Å². The number of nitrogen functional groups attached to an aromatic ring is 1. The number of hydrogen-bond acceptors (Lipinski definition) is 6. The highest BCUT2D eigenvalue weighted by molar-refractivity contribution is 5.76. The highest BCUT2D eigenvalue weighted by Crippen LogP contribution is 2.16. The van der Waals surface area contributed by atoms with Crippen molar-refractivity contribution in [1.29, 1.82) is 0 Å². The second kappa shape index (κ2) is 7.70. The van der Waals surface area contributed by atoms with Gasteiger partial charge in [-0.05, 0) is 43.5 Å². The van der Waals surface area contributed by atoms with E-state index in [0.29, 0.717) is 25.2 Å². The van der Waals surface area contributed by atoms with Crippen LogP contribution in [0.25, 0.3) is 11.5 Å². The molecule has 0 radical (unpaired) electrons. The van der Waals surface area contributed by atoms with E-state index in [1.807, 2.05) is 48.9 Å². The van der Waals surface area contributed by atoms with Gasteiger partial charge in [0.15, 0.2) is 0 Å². The second-order valence-electron chi connectivity index (χ2n) is 6.86. The van der Waals surface area contributed by atoms with Gasteiger partial charge in [0, 0.05) is 42.4 Å². The van der Waals surface area contributed by atoms with Crippen LogP contribution < -0.4 is 11.1 Å². The maximum absolute atomic E-state index is 12.3. The number of imidazole rings is 1. The lowest BCUT2D eigenvalue weighted by Gasteiger charge is -2.11. The molecule has 4 aromatic rings. The van der Waals surface area contributed by atoms with E-state index in [9.17, 15) is 4.79 Å². The first kappa shape index (κ1) is 18.6. The van der Waals surface area contributed by atoms with E-state index in [-0.39, 0.29) is 11.9 Å². The Bertz CT molecular complexity index is 1150. The lowest BCUT2D eigenvalue weighted by atomic mass is 10.1. The van der Waals surface area contributed by atoms with E-state index >= 15 is 0 Å². The number of fused-ring (bicyclic) bond motifs is 1. The molecule has 4 rings (SSSR count). The molecule has 9 heteroatoms. The molecule has 0 saturated heterocycles. The maximum atomic E-state index is 12.3. The van der Waals surface area contributed by atoms with Gasteiger partial charge in [-0.25, -0.2) is 9.97 Å². The molecule has 148 valence electrons. The van der Waals surface area contributed by atoms with Crippen molar-refractivity contribution >= 4 is 17.6 Å². The van der Waals surface area contributed by atoms with Gasteiger partial charge in [-0.3, -0.25) is 4.79 Å². The Labute approximate surface area is 167 Å². The zero-order chi connectivity index (χ0) is 20.4. The van der Waals surface area contributed by atoms with Crippen LogP contribution in [0.5, 0.6) is 0 Å². The van der Waals surface area contributed by atoms with Gasteiger partial charge in [-0.2, -0.15) is 9.50 Å². The Kier molecular flexibility index (Phi) is 4.94. The van der Waals surface area contributed by atoms with Gasteiger partial charge in [0.05, 0.1) is 6.33 Å². The molecule has 3 aromatic heterocycles. The average Bonchev–Trinajstić information content (AvgIpc) is 3.36. The van der Waals surface area contributed by atoms with Gasteiger partial charge in [0.2, 0.25) is 11.9 Å². The molecule has 0 fully saturated rings. The number of rotatable bonds is 6. The molecular formula is C20H22N8O. The topological polar surface area (TPSA) is 116 Å². The molecule has 0 saturated carbocycles. The predicted octanol–water partition coefficient (Wildman–Crippen LogP) is 1.76. The number of benzene rings is 1. The summed E-state index contributed by atoms with van der Waals surface area (Å²) >= 11 is 0. The summed E-state index contributed by atoms with van der Waals surface area (Å²) in [5.74, 6) is 0.652. The number of nitrogens with one attached hydrogen (secondary N) is 1. The molecule has 3 N–H and O–H groups in total. The van der Waals surface area contributed by atoms with Crippen LogP contribution in [-0.4, -0.2) is 35.0 Å². The summed E-state index contributed by atoms with van der Waals surface area (Å²) in [4.78, 5) is 24.9. The van der Waals surface area contributed by atoms with Crippen molar-refractivity contribution in [2.75, 3.05) is 5.73 Å².